The lowest BCUT2D eigenvalue weighted by Crippen LogP contribution is -2.37. The van der Waals surface area contributed by atoms with Gasteiger partial charge in [-0.25, -0.2) is 0 Å². The number of hydrogen-bond acceptors (Lipinski definition) is 1. The molecule has 0 spiro atoms. The van der Waals surface area contributed by atoms with Crippen LogP contribution < -0.4 is 0 Å². The maximum absolute atomic E-state index is 13.0. The number of rotatable bonds is 1. The summed E-state index contributed by atoms with van der Waals surface area (Å²) in [6.07, 6.45) is -0.589. The maximum atomic E-state index is 13.0. The van der Waals surface area contributed by atoms with Crippen molar-refractivity contribution in [3.05, 3.63) is 46.5 Å². The Hall–Kier alpha value is -1.78. The first kappa shape index (κ1) is 14.2. The van der Waals surface area contributed by atoms with E-state index in [4.69, 9.17) is 0 Å². The van der Waals surface area contributed by atoms with Crippen LogP contribution >= 0.6 is 0 Å². The molecule has 2 nitrogen and oxygen atoms in total. The smallest absolute Gasteiger partial charge is 0.338 e. The van der Waals surface area contributed by atoms with Crippen molar-refractivity contribution in [3.63, 3.8) is 0 Å². The lowest BCUT2D eigenvalue weighted by Gasteiger charge is -2.29. The first-order chi connectivity index (χ1) is 9.97. The first-order valence-corrected chi connectivity index (χ1v) is 7.12. The Morgan fingerprint density at radius 3 is 2.10 bits per heavy atom. The highest BCUT2D eigenvalue weighted by Gasteiger charge is 2.36. The summed E-state index contributed by atoms with van der Waals surface area (Å²) in [6, 6.07) is 5.02. The highest BCUT2D eigenvalue weighted by Crippen LogP contribution is 2.37. The molecular formula is C16H16F3NO. The summed E-state index contributed by atoms with van der Waals surface area (Å²) in [4.78, 5) is 13.9. The normalized spacial score (nSPS) is 18.9. The molecule has 1 aliphatic heterocycles. The number of hydrogen-bond donors (Lipinski definition) is 0. The van der Waals surface area contributed by atoms with Crippen LogP contribution in [0.4, 0.5) is 13.2 Å². The monoisotopic (exact) mass is 295 g/mol. The van der Waals surface area contributed by atoms with Gasteiger partial charge in [-0.3, -0.25) is 4.79 Å². The van der Waals surface area contributed by atoms with Gasteiger partial charge in [0.25, 0.3) is 5.91 Å². The minimum Gasteiger partial charge on any atom is -0.338 e. The van der Waals surface area contributed by atoms with E-state index in [2.05, 4.69) is 0 Å². The van der Waals surface area contributed by atoms with E-state index in [1.54, 1.807) is 0 Å². The molecule has 1 saturated heterocycles. The van der Waals surface area contributed by atoms with Crippen LogP contribution in [0.2, 0.25) is 0 Å². The van der Waals surface area contributed by atoms with Gasteiger partial charge < -0.3 is 4.90 Å². The summed E-state index contributed by atoms with van der Waals surface area (Å²) in [5.41, 5.74) is 1.80. The minimum atomic E-state index is -4.50. The molecule has 1 aromatic carbocycles. The molecule has 3 rings (SSSR count). The Kier molecular flexibility index (Phi) is 3.51. The quantitative estimate of drug-likeness (QED) is 0.716. The molecule has 1 heterocycles. The molecule has 0 N–H and O–H groups in total. The molecular weight excluding hydrogens is 279 g/mol. The maximum Gasteiger partial charge on any atom is 0.417 e. The van der Waals surface area contributed by atoms with E-state index in [-0.39, 0.29) is 5.56 Å². The zero-order valence-electron chi connectivity index (χ0n) is 11.5. The van der Waals surface area contributed by atoms with Crippen molar-refractivity contribution in [1.82, 2.24) is 4.90 Å². The van der Waals surface area contributed by atoms with Crippen molar-refractivity contribution in [1.29, 1.82) is 0 Å². The molecule has 1 saturated carbocycles. The molecule has 1 amide bonds. The van der Waals surface area contributed by atoms with E-state index in [1.807, 2.05) is 0 Å². The van der Waals surface area contributed by atoms with Gasteiger partial charge in [-0.2, -0.15) is 13.2 Å². The lowest BCUT2D eigenvalue weighted by molar-refractivity contribution is -0.138. The number of alkyl halides is 3. The van der Waals surface area contributed by atoms with Gasteiger partial charge in [0.15, 0.2) is 0 Å². The van der Waals surface area contributed by atoms with Gasteiger partial charge in [0.1, 0.15) is 0 Å². The van der Waals surface area contributed by atoms with Crippen molar-refractivity contribution in [2.45, 2.75) is 31.9 Å². The van der Waals surface area contributed by atoms with Crippen molar-refractivity contribution in [2.24, 2.45) is 0 Å². The number of halogens is 3. The number of allylic oxidation sites excluding steroid dienone is 1. The van der Waals surface area contributed by atoms with Gasteiger partial charge in [-0.15, -0.1) is 0 Å². The van der Waals surface area contributed by atoms with E-state index in [0.717, 1.165) is 31.7 Å². The molecule has 5 heteroatoms. The van der Waals surface area contributed by atoms with E-state index < -0.39 is 17.6 Å². The summed E-state index contributed by atoms with van der Waals surface area (Å²) >= 11 is 0. The van der Waals surface area contributed by atoms with Crippen LogP contribution in [-0.4, -0.2) is 23.9 Å². The molecule has 0 aromatic heterocycles. The molecule has 1 aromatic rings. The minimum absolute atomic E-state index is 0.243. The van der Waals surface area contributed by atoms with Gasteiger partial charge in [0, 0.05) is 13.1 Å². The highest BCUT2D eigenvalue weighted by molar-refractivity contribution is 5.96. The average Bonchev–Trinajstić information content (AvgIpc) is 3.30. The molecule has 1 aliphatic carbocycles. The fourth-order valence-electron chi connectivity index (χ4n) is 2.84. The van der Waals surface area contributed by atoms with E-state index >= 15 is 0 Å². The van der Waals surface area contributed by atoms with Crippen molar-refractivity contribution in [2.75, 3.05) is 13.1 Å². The third-order valence-corrected chi connectivity index (χ3v) is 4.12. The topological polar surface area (TPSA) is 20.3 Å². The lowest BCUT2D eigenvalue weighted by atomic mass is 10.0. The second-order valence-corrected chi connectivity index (χ2v) is 5.54. The number of benzene rings is 1. The van der Waals surface area contributed by atoms with E-state index in [9.17, 15) is 18.0 Å². The van der Waals surface area contributed by atoms with Crippen molar-refractivity contribution in [3.8, 4) is 0 Å². The summed E-state index contributed by atoms with van der Waals surface area (Å²) in [5.74, 6) is -0.511. The Morgan fingerprint density at radius 2 is 1.52 bits per heavy atom. The predicted molar refractivity (Wildman–Crippen MR) is 72.8 cm³/mol. The fourth-order valence-corrected chi connectivity index (χ4v) is 2.84. The number of carbonyl (C=O) groups excluding carboxylic acids is 1. The van der Waals surface area contributed by atoms with Crippen LogP contribution in [-0.2, 0) is 6.18 Å². The third-order valence-electron chi connectivity index (χ3n) is 4.12. The molecule has 2 fully saturated rings. The molecule has 2 aliphatic rings. The van der Waals surface area contributed by atoms with Gasteiger partial charge in [-0.05, 0) is 37.8 Å². The molecule has 0 unspecified atom stereocenters. The number of likely N-dealkylation sites (tertiary alicyclic amines) is 1. The largest absolute Gasteiger partial charge is 0.417 e. The summed E-state index contributed by atoms with van der Waals surface area (Å²) in [5, 5.41) is 0. The Labute approximate surface area is 121 Å². The molecule has 21 heavy (non-hydrogen) atoms. The zero-order valence-corrected chi connectivity index (χ0v) is 11.5. The van der Waals surface area contributed by atoms with Crippen molar-refractivity contribution >= 4 is 5.91 Å². The third kappa shape index (κ3) is 2.96. The van der Waals surface area contributed by atoms with Crippen LogP contribution in [0.5, 0.6) is 0 Å². The van der Waals surface area contributed by atoms with Gasteiger partial charge in [0.05, 0.1) is 11.1 Å². The SMILES string of the molecule is O=C(c1ccccc1C(F)(F)F)N1CCC(=C2CC2)CC1. The van der Waals surface area contributed by atoms with Crippen LogP contribution in [0.25, 0.3) is 0 Å². The standard InChI is InChI=1S/C16H16F3NO/c17-16(18,19)14-4-2-1-3-13(14)15(21)20-9-7-12(8-10-20)11-5-6-11/h1-4H,5-10H2. The Bertz CT molecular complexity index is 588. The zero-order chi connectivity index (χ0) is 15.0. The predicted octanol–water partition coefficient (Wildman–Crippen LogP) is 4.03. The number of amides is 1. The van der Waals surface area contributed by atoms with Crippen LogP contribution in [0.1, 0.15) is 41.6 Å². The summed E-state index contributed by atoms with van der Waals surface area (Å²) < 4.78 is 38.9. The van der Waals surface area contributed by atoms with Crippen LogP contribution in [0.15, 0.2) is 35.4 Å². The van der Waals surface area contributed by atoms with Gasteiger partial charge in [-0.1, -0.05) is 23.3 Å². The Morgan fingerprint density at radius 1 is 0.952 bits per heavy atom. The van der Waals surface area contributed by atoms with E-state index in [1.165, 1.54) is 34.2 Å². The van der Waals surface area contributed by atoms with E-state index in [0.29, 0.717) is 13.1 Å². The second-order valence-electron chi connectivity index (χ2n) is 5.54. The molecule has 0 radical (unpaired) electrons. The first-order valence-electron chi connectivity index (χ1n) is 7.12. The van der Waals surface area contributed by atoms with Crippen LogP contribution in [0, 0.1) is 0 Å². The number of piperidine rings is 1. The Balaban J connectivity index is 1.79. The summed E-state index contributed by atoms with van der Waals surface area (Å²) in [7, 11) is 0. The molecule has 0 atom stereocenters. The highest BCUT2D eigenvalue weighted by atomic mass is 19.4. The average molecular weight is 295 g/mol. The van der Waals surface area contributed by atoms with Gasteiger partial charge >= 0.3 is 6.18 Å². The van der Waals surface area contributed by atoms with Gasteiger partial charge in [0.2, 0.25) is 0 Å². The number of nitrogens with zero attached hydrogens (tertiary/aromatic N) is 1. The van der Waals surface area contributed by atoms with Crippen molar-refractivity contribution < 1.29 is 18.0 Å². The number of carbonyl (C=O) groups is 1. The fraction of sp³-hybridized carbons (Fsp3) is 0.438. The van der Waals surface area contributed by atoms with Crippen LogP contribution in [0.3, 0.4) is 0 Å². The summed E-state index contributed by atoms with van der Waals surface area (Å²) in [6.45, 7) is 1.04. The molecule has 0 bridgehead atoms. The molecule has 112 valence electrons. The second kappa shape index (κ2) is 5.20.